The molecule has 7 nitrogen and oxygen atoms in total. The molecule has 0 saturated carbocycles. The van der Waals surface area contributed by atoms with Crippen LogP contribution in [-0.2, 0) is 13.6 Å². The highest BCUT2D eigenvalue weighted by Gasteiger charge is 2.07. The van der Waals surface area contributed by atoms with E-state index in [-0.39, 0.29) is 5.91 Å². The first kappa shape index (κ1) is 13.6. The molecule has 3 amide bonds. The van der Waals surface area contributed by atoms with Gasteiger partial charge in [0.1, 0.15) is 0 Å². The minimum absolute atomic E-state index is 0.183. The molecule has 0 saturated heterocycles. The Balaban J connectivity index is 1.90. The Morgan fingerprint density at radius 2 is 2.00 bits per heavy atom. The van der Waals surface area contributed by atoms with Gasteiger partial charge in [0.25, 0.3) is 5.91 Å². The van der Waals surface area contributed by atoms with E-state index < -0.39 is 6.03 Å². The molecule has 1 aromatic carbocycles. The predicted molar refractivity (Wildman–Crippen MR) is 74.0 cm³/mol. The van der Waals surface area contributed by atoms with E-state index in [0.717, 1.165) is 5.56 Å². The van der Waals surface area contributed by atoms with E-state index in [0.29, 0.717) is 17.8 Å². The lowest BCUT2D eigenvalue weighted by molar-refractivity contribution is 0.0951. The maximum absolute atomic E-state index is 11.8. The average Bonchev–Trinajstić information content (AvgIpc) is 2.84. The molecule has 0 fully saturated rings. The highest BCUT2D eigenvalue weighted by molar-refractivity contribution is 5.93. The van der Waals surface area contributed by atoms with Crippen molar-refractivity contribution in [3.8, 4) is 0 Å². The monoisotopic (exact) mass is 273 g/mol. The first-order chi connectivity index (χ1) is 9.54. The molecule has 104 valence electrons. The summed E-state index contributed by atoms with van der Waals surface area (Å²) in [6.45, 7) is 0.393. The average molecular weight is 273 g/mol. The summed E-state index contributed by atoms with van der Waals surface area (Å²) in [7, 11) is 1.75. The van der Waals surface area contributed by atoms with E-state index in [2.05, 4.69) is 15.7 Å². The van der Waals surface area contributed by atoms with Crippen LogP contribution in [0.1, 0.15) is 15.9 Å². The van der Waals surface area contributed by atoms with Crippen LogP contribution in [-0.4, -0.2) is 21.7 Å². The third-order valence-electron chi connectivity index (χ3n) is 2.64. The summed E-state index contributed by atoms with van der Waals surface area (Å²) in [5, 5.41) is 9.19. The van der Waals surface area contributed by atoms with E-state index >= 15 is 0 Å². The van der Waals surface area contributed by atoms with Gasteiger partial charge in [0.2, 0.25) is 0 Å². The van der Waals surface area contributed by atoms with Crippen molar-refractivity contribution in [3.63, 3.8) is 0 Å². The molecule has 4 N–H and O–H groups in total. The summed E-state index contributed by atoms with van der Waals surface area (Å²) in [5.74, 6) is -0.183. The summed E-state index contributed by atoms with van der Waals surface area (Å²) in [6, 6.07) is 6.43. The number of nitrogens with zero attached hydrogens (tertiary/aromatic N) is 2. The maximum Gasteiger partial charge on any atom is 0.316 e. The number of hydrogen-bond acceptors (Lipinski definition) is 3. The van der Waals surface area contributed by atoms with Gasteiger partial charge in [0.05, 0.1) is 11.8 Å². The van der Waals surface area contributed by atoms with E-state index in [1.807, 2.05) is 0 Å². The number of carbonyl (C=O) groups excluding carboxylic acids is 2. The van der Waals surface area contributed by atoms with Crippen molar-refractivity contribution in [3.05, 3.63) is 47.8 Å². The fourth-order valence-corrected chi connectivity index (χ4v) is 1.67. The van der Waals surface area contributed by atoms with Crippen molar-refractivity contribution in [1.29, 1.82) is 0 Å². The summed E-state index contributed by atoms with van der Waals surface area (Å²) < 4.78 is 1.57. The number of rotatable bonds is 4. The Morgan fingerprint density at radius 3 is 2.55 bits per heavy atom. The lowest BCUT2D eigenvalue weighted by Crippen LogP contribution is -2.22. The van der Waals surface area contributed by atoms with Crippen LogP contribution in [0.4, 0.5) is 10.5 Å². The van der Waals surface area contributed by atoms with Crippen LogP contribution in [0.2, 0.25) is 0 Å². The Labute approximate surface area is 115 Å². The number of amides is 3. The third-order valence-corrected chi connectivity index (χ3v) is 2.64. The van der Waals surface area contributed by atoms with Crippen LogP contribution in [0.5, 0.6) is 0 Å². The highest BCUT2D eigenvalue weighted by atomic mass is 16.2. The van der Waals surface area contributed by atoms with Crippen molar-refractivity contribution in [2.75, 3.05) is 5.32 Å². The summed E-state index contributed by atoms with van der Waals surface area (Å²) >= 11 is 0. The summed E-state index contributed by atoms with van der Waals surface area (Å²) in [4.78, 5) is 22.5. The fourth-order valence-electron chi connectivity index (χ4n) is 1.67. The van der Waals surface area contributed by atoms with Crippen LogP contribution >= 0.6 is 0 Å². The van der Waals surface area contributed by atoms with E-state index in [1.54, 1.807) is 42.2 Å². The number of nitrogens with two attached hydrogens (primary N) is 1. The van der Waals surface area contributed by atoms with Gasteiger partial charge in [0, 0.05) is 25.5 Å². The van der Waals surface area contributed by atoms with Gasteiger partial charge in [-0.1, -0.05) is 12.1 Å². The molecular formula is C13H15N5O2. The maximum atomic E-state index is 11.8. The van der Waals surface area contributed by atoms with Crippen molar-refractivity contribution >= 4 is 17.6 Å². The molecule has 2 rings (SSSR count). The largest absolute Gasteiger partial charge is 0.351 e. The number of anilines is 1. The zero-order valence-corrected chi connectivity index (χ0v) is 11.0. The van der Waals surface area contributed by atoms with Gasteiger partial charge in [0.15, 0.2) is 0 Å². The Hall–Kier alpha value is -2.83. The van der Waals surface area contributed by atoms with Gasteiger partial charge in [-0.25, -0.2) is 4.79 Å². The molecule has 2 aromatic rings. The second kappa shape index (κ2) is 5.87. The lowest BCUT2D eigenvalue weighted by Gasteiger charge is -2.05. The first-order valence-corrected chi connectivity index (χ1v) is 5.97. The molecule has 20 heavy (non-hydrogen) atoms. The number of hydrogen-bond donors (Lipinski definition) is 3. The van der Waals surface area contributed by atoms with E-state index in [1.165, 1.54) is 6.20 Å². The third kappa shape index (κ3) is 3.58. The Kier molecular flexibility index (Phi) is 3.99. The van der Waals surface area contributed by atoms with Gasteiger partial charge >= 0.3 is 6.03 Å². The normalized spacial score (nSPS) is 10.1. The van der Waals surface area contributed by atoms with Gasteiger partial charge in [-0.05, 0) is 17.7 Å². The first-order valence-electron chi connectivity index (χ1n) is 5.97. The summed E-state index contributed by atoms with van der Waals surface area (Å²) in [5.41, 5.74) is 7.05. The lowest BCUT2D eigenvalue weighted by atomic mass is 10.2. The number of urea groups is 1. The van der Waals surface area contributed by atoms with Crippen molar-refractivity contribution < 1.29 is 9.59 Å². The minimum atomic E-state index is -0.609. The van der Waals surface area contributed by atoms with Crippen molar-refractivity contribution in [2.24, 2.45) is 12.8 Å². The highest BCUT2D eigenvalue weighted by Crippen LogP contribution is 2.09. The van der Waals surface area contributed by atoms with E-state index in [4.69, 9.17) is 5.73 Å². The van der Waals surface area contributed by atoms with Crippen LogP contribution in [0, 0.1) is 0 Å². The molecule has 0 radical (unpaired) electrons. The van der Waals surface area contributed by atoms with Gasteiger partial charge < -0.3 is 16.4 Å². The van der Waals surface area contributed by atoms with Crippen LogP contribution in [0.3, 0.4) is 0 Å². The zero-order chi connectivity index (χ0) is 14.5. The molecule has 0 atom stereocenters. The number of aryl methyl sites for hydroxylation is 1. The van der Waals surface area contributed by atoms with E-state index in [9.17, 15) is 9.59 Å². The molecule has 0 unspecified atom stereocenters. The quantitative estimate of drug-likeness (QED) is 0.769. The topological polar surface area (TPSA) is 102 Å². The molecule has 1 aromatic heterocycles. The predicted octanol–water partition coefficient (Wildman–Crippen LogP) is 0.841. The number of aromatic nitrogens is 2. The van der Waals surface area contributed by atoms with Gasteiger partial charge in [-0.15, -0.1) is 0 Å². The Morgan fingerprint density at radius 1 is 1.30 bits per heavy atom. The fraction of sp³-hybridized carbons (Fsp3) is 0.154. The standard InChI is InChI=1S/C13H15N5O2/c1-18-8-10(7-16-18)12(19)15-6-9-2-4-11(5-3-9)17-13(14)20/h2-5,7-8H,6H2,1H3,(H,15,19)(H3,14,17,20). The number of primary amides is 1. The molecule has 0 aliphatic heterocycles. The molecule has 0 spiro atoms. The van der Waals surface area contributed by atoms with Crippen LogP contribution in [0.15, 0.2) is 36.7 Å². The Bertz CT molecular complexity index is 618. The van der Waals surface area contributed by atoms with Crippen LogP contribution < -0.4 is 16.4 Å². The zero-order valence-electron chi connectivity index (χ0n) is 11.0. The number of carbonyl (C=O) groups is 2. The molecule has 1 heterocycles. The second-order valence-electron chi connectivity index (χ2n) is 4.27. The smallest absolute Gasteiger partial charge is 0.316 e. The molecule has 7 heteroatoms. The second-order valence-corrected chi connectivity index (χ2v) is 4.27. The summed E-state index contributed by atoms with van der Waals surface area (Å²) in [6.07, 6.45) is 3.16. The van der Waals surface area contributed by atoms with Gasteiger partial charge in [-0.3, -0.25) is 9.48 Å². The van der Waals surface area contributed by atoms with Crippen molar-refractivity contribution in [2.45, 2.75) is 6.54 Å². The number of nitrogens with one attached hydrogen (secondary N) is 2. The van der Waals surface area contributed by atoms with Gasteiger partial charge in [-0.2, -0.15) is 5.10 Å². The molecule has 0 aliphatic carbocycles. The van der Waals surface area contributed by atoms with Crippen molar-refractivity contribution in [1.82, 2.24) is 15.1 Å². The van der Waals surface area contributed by atoms with Crippen LogP contribution in [0.25, 0.3) is 0 Å². The SMILES string of the molecule is Cn1cc(C(=O)NCc2ccc(NC(N)=O)cc2)cn1. The molecule has 0 bridgehead atoms. The number of benzene rings is 1. The minimum Gasteiger partial charge on any atom is -0.351 e. The molecule has 0 aliphatic rings. The molecular weight excluding hydrogens is 258 g/mol.